The van der Waals surface area contributed by atoms with Crippen LogP contribution in [-0.2, 0) is 16.0 Å². The Balaban J connectivity index is 1.43. The minimum Gasteiger partial charge on any atom is -0.465 e. The van der Waals surface area contributed by atoms with Crippen LogP contribution in [0.25, 0.3) is 23.2 Å². The van der Waals surface area contributed by atoms with Crippen LogP contribution in [0.5, 0.6) is 0 Å². The summed E-state index contributed by atoms with van der Waals surface area (Å²) in [6, 6.07) is 18.6. The fourth-order valence-electron chi connectivity index (χ4n) is 3.12. The Bertz CT molecular complexity index is 1270. The number of carbonyl (C=O) groups excluding carboxylic acids is 2. The summed E-state index contributed by atoms with van der Waals surface area (Å²) < 4.78 is 6.10. The molecule has 3 N–H and O–H groups in total. The number of hydrogen-bond donors (Lipinski definition) is 3. The van der Waals surface area contributed by atoms with Gasteiger partial charge in [-0.05, 0) is 54.1 Å². The maximum absolute atomic E-state index is 12.9. The molecular formula is C25H21BrN4O3. The van der Waals surface area contributed by atoms with Gasteiger partial charge in [0.2, 0.25) is 5.91 Å². The Labute approximate surface area is 198 Å². The van der Waals surface area contributed by atoms with Crippen molar-refractivity contribution in [2.45, 2.75) is 6.42 Å². The summed E-state index contributed by atoms with van der Waals surface area (Å²) in [6.07, 6.45) is 6.52. The Hall–Kier alpha value is -3.91. The van der Waals surface area contributed by atoms with E-state index < -0.39 is 11.8 Å². The number of hydrogen-bond acceptors (Lipinski definition) is 4. The van der Waals surface area contributed by atoms with Crippen molar-refractivity contribution in [2.24, 2.45) is 0 Å². The summed E-state index contributed by atoms with van der Waals surface area (Å²) in [4.78, 5) is 33.0. The molecule has 2 heterocycles. The molecule has 8 heteroatoms. The third kappa shape index (κ3) is 6.30. The van der Waals surface area contributed by atoms with E-state index in [0.29, 0.717) is 18.7 Å². The molecule has 0 spiro atoms. The third-order valence-corrected chi connectivity index (χ3v) is 5.24. The van der Waals surface area contributed by atoms with Crippen LogP contribution < -0.4 is 10.6 Å². The van der Waals surface area contributed by atoms with Gasteiger partial charge in [0.05, 0.1) is 17.3 Å². The Morgan fingerprint density at radius 3 is 2.64 bits per heavy atom. The molecule has 2 aromatic carbocycles. The Morgan fingerprint density at radius 2 is 1.88 bits per heavy atom. The van der Waals surface area contributed by atoms with Crippen LogP contribution in [0.15, 0.2) is 87.6 Å². The number of furan rings is 1. The minimum atomic E-state index is -0.442. The molecule has 0 saturated carbocycles. The van der Waals surface area contributed by atoms with Crippen molar-refractivity contribution in [1.82, 2.24) is 20.6 Å². The predicted molar refractivity (Wildman–Crippen MR) is 131 cm³/mol. The van der Waals surface area contributed by atoms with E-state index in [9.17, 15) is 9.59 Å². The second-order valence-electron chi connectivity index (χ2n) is 7.15. The van der Waals surface area contributed by atoms with Gasteiger partial charge in [-0.25, -0.2) is 4.98 Å². The number of nitrogens with zero attached hydrogens (tertiary/aromatic N) is 1. The number of nitrogens with one attached hydrogen (secondary N) is 3. The standard InChI is InChI=1S/C25H21BrN4O3/c26-18-9-7-17(8-10-18)16-22(30-24(31)12-11-19-4-3-15-33-19)25(32)27-14-13-23-28-20-5-1-2-6-21(20)29-23/h1-12,15-16H,13-14H2,(H,27,32)(H,28,29)(H,30,31). The highest BCUT2D eigenvalue weighted by Gasteiger charge is 2.12. The van der Waals surface area contributed by atoms with Gasteiger partial charge in [-0.1, -0.05) is 40.2 Å². The molecular weight excluding hydrogens is 484 g/mol. The van der Waals surface area contributed by atoms with Gasteiger partial charge in [0, 0.05) is 23.5 Å². The number of halogens is 1. The first-order valence-corrected chi connectivity index (χ1v) is 11.1. The molecule has 0 aliphatic rings. The van der Waals surface area contributed by atoms with Crippen molar-refractivity contribution < 1.29 is 14.0 Å². The summed E-state index contributed by atoms with van der Waals surface area (Å²) in [7, 11) is 0. The maximum Gasteiger partial charge on any atom is 0.267 e. The number of fused-ring (bicyclic) bond motifs is 1. The molecule has 7 nitrogen and oxygen atoms in total. The molecule has 0 radical (unpaired) electrons. The highest BCUT2D eigenvalue weighted by atomic mass is 79.9. The molecule has 4 aromatic rings. The Morgan fingerprint density at radius 1 is 1.06 bits per heavy atom. The van der Waals surface area contributed by atoms with Crippen molar-refractivity contribution >= 4 is 50.9 Å². The van der Waals surface area contributed by atoms with Crippen molar-refractivity contribution in [1.29, 1.82) is 0 Å². The van der Waals surface area contributed by atoms with E-state index in [-0.39, 0.29) is 5.70 Å². The molecule has 0 fully saturated rings. The van der Waals surface area contributed by atoms with Gasteiger partial charge in [0.1, 0.15) is 17.3 Å². The quantitative estimate of drug-likeness (QED) is 0.308. The van der Waals surface area contributed by atoms with Crippen LogP contribution in [0.1, 0.15) is 17.1 Å². The number of carbonyl (C=O) groups is 2. The molecule has 2 aromatic heterocycles. The van der Waals surface area contributed by atoms with Gasteiger partial charge >= 0.3 is 0 Å². The SMILES string of the molecule is O=C(C=Cc1ccco1)NC(=Cc1ccc(Br)cc1)C(=O)NCCc1nc2ccccc2[nH]1. The second-order valence-corrected chi connectivity index (χ2v) is 8.07. The number of rotatable bonds is 8. The van der Waals surface area contributed by atoms with Crippen molar-refractivity contribution in [3.8, 4) is 0 Å². The van der Waals surface area contributed by atoms with E-state index in [1.54, 1.807) is 18.2 Å². The number of H-pyrrole nitrogens is 1. The lowest BCUT2D eigenvalue weighted by atomic mass is 10.2. The summed E-state index contributed by atoms with van der Waals surface area (Å²) in [5, 5.41) is 5.51. The lowest BCUT2D eigenvalue weighted by molar-refractivity contribution is -0.121. The molecule has 0 aliphatic heterocycles. The zero-order valence-corrected chi connectivity index (χ0v) is 19.1. The average Bonchev–Trinajstić information content (AvgIpc) is 3.48. The number of aromatic nitrogens is 2. The highest BCUT2D eigenvalue weighted by Crippen LogP contribution is 2.13. The van der Waals surface area contributed by atoms with Gasteiger partial charge in [0.15, 0.2) is 0 Å². The van der Waals surface area contributed by atoms with E-state index in [4.69, 9.17) is 4.42 Å². The lowest BCUT2D eigenvalue weighted by Crippen LogP contribution is -2.35. The average molecular weight is 505 g/mol. The zero-order valence-electron chi connectivity index (χ0n) is 17.5. The van der Waals surface area contributed by atoms with Gasteiger partial charge in [-0.15, -0.1) is 0 Å². The number of benzene rings is 2. The van der Waals surface area contributed by atoms with Crippen LogP contribution >= 0.6 is 15.9 Å². The third-order valence-electron chi connectivity index (χ3n) is 4.71. The van der Waals surface area contributed by atoms with E-state index in [0.717, 1.165) is 26.9 Å². The van der Waals surface area contributed by atoms with Crippen LogP contribution in [0.3, 0.4) is 0 Å². The van der Waals surface area contributed by atoms with Crippen molar-refractivity contribution in [3.05, 3.63) is 100 Å². The number of para-hydroxylation sites is 2. The first-order valence-electron chi connectivity index (χ1n) is 10.3. The van der Waals surface area contributed by atoms with Crippen molar-refractivity contribution in [2.75, 3.05) is 6.54 Å². The topological polar surface area (TPSA) is 100 Å². The molecule has 0 bridgehead atoms. The zero-order chi connectivity index (χ0) is 23.0. The first-order chi connectivity index (χ1) is 16.1. The number of imidazole rings is 1. The molecule has 4 rings (SSSR count). The molecule has 166 valence electrons. The summed E-state index contributed by atoms with van der Waals surface area (Å²) in [5.41, 5.74) is 2.74. The van der Waals surface area contributed by atoms with E-state index in [1.165, 1.54) is 18.4 Å². The predicted octanol–water partition coefficient (Wildman–Crippen LogP) is 4.45. The smallest absolute Gasteiger partial charge is 0.267 e. The number of aromatic amines is 1. The first kappa shape index (κ1) is 22.3. The summed E-state index contributed by atoms with van der Waals surface area (Å²) in [5.74, 6) is 0.482. The second kappa shape index (κ2) is 10.6. The molecule has 33 heavy (non-hydrogen) atoms. The van der Waals surface area contributed by atoms with Crippen LogP contribution in [0.4, 0.5) is 0 Å². The molecule has 2 amide bonds. The molecule has 0 unspecified atom stereocenters. The lowest BCUT2D eigenvalue weighted by Gasteiger charge is -2.10. The fraction of sp³-hybridized carbons (Fsp3) is 0.0800. The Kier molecular flexibility index (Phi) is 7.16. The van der Waals surface area contributed by atoms with E-state index in [1.807, 2.05) is 48.5 Å². The monoisotopic (exact) mass is 504 g/mol. The summed E-state index contributed by atoms with van der Waals surface area (Å²) in [6.45, 7) is 0.356. The summed E-state index contributed by atoms with van der Waals surface area (Å²) >= 11 is 3.39. The van der Waals surface area contributed by atoms with Crippen molar-refractivity contribution in [3.63, 3.8) is 0 Å². The number of amides is 2. The highest BCUT2D eigenvalue weighted by molar-refractivity contribution is 9.10. The largest absolute Gasteiger partial charge is 0.465 e. The van der Waals surface area contributed by atoms with Gasteiger partial charge in [-0.3, -0.25) is 9.59 Å². The van der Waals surface area contributed by atoms with Crippen LogP contribution in [-0.4, -0.2) is 28.3 Å². The van der Waals surface area contributed by atoms with Crippen LogP contribution in [0.2, 0.25) is 0 Å². The molecule has 0 saturated heterocycles. The fourth-order valence-corrected chi connectivity index (χ4v) is 3.38. The molecule has 0 aliphatic carbocycles. The maximum atomic E-state index is 12.9. The van der Waals surface area contributed by atoms with E-state index in [2.05, 4.69) is 36.5 Å². The molecule has 0 atom stereocenters. The minimum absolute atomic E-state index is 0.135. The van der Waals surface area contributed by atoms with E-state index >= 15 is 0 Å². The van der Waals surface area contributed by atoms with Crippen LogP contribution in [0, 0.1) is 0 Å². The normalized spacial score (nSPS) is 11.7. The van der Waals surface area contributed by atoms with Gasteiger partial charge < -0.3 is 20.0 Å². The van der Waals surface area contributed by atoms with Gasteiger partial charge in [0.25, 0.3) is 5.91 Å². The van der Waals surface area contributed by atoms with Gasteiger partial charge in [-0.2, -0.15) is 0 Å².